The topological polar surface area (TPSA) is 571 Å². The normalized spacial score (nSPS) is 14.6. The molecule has 3 aliphatic carbocycles. The maximum absolute atomic E-state index is 13.6. The summed E-state index contributed by atoms with van der Waals surface area (Å²) >= 11 is 0. The number of para-hydroxylation sites is 3. The van der Waals surface area contributed by atoms with E-state index in [1.54, 1.807) is 147 Å². The molecule has 20 N–H and O–H groups in total. The van der Waals surface area contributed by atoms with Crippen molar-refractivity contribution in [1.82, 2.24) is 73.8 Å². The van der Waals surface area contributed by atoms with Gasteiger partial charge in [-0.25, -0.2) is 30.2 Å². The lowest BCUT2D eigenvalue weighted by molar-refractivity contribution is -0.149. The average Bonchev–Trinajstić information content (AvgIpc) is 1.65. The minimum absolute atomic E-state index is 0. The molecule has 0 saturated heterocycles. The number of nitrogens with two attached hydrogens (primary N) is 7. The van der Waals surface area contributed by atoms with Gasteiger partial charge in [-0.05, 0) is 147 Å². The summed E-state index contributed by atoms with van der Waals surface area (Å²) in [6.07, 6.45) is 11.1. The number of ether oxygens (including phenoxy) is 6. The second-order valence-electron chi connectivity index (χ2n) is 30.7. The van der Waals surface area contributed by atoms with Crippen LogP contribution in [0.5, 0.6) is 17.2 Å². The van der Waals surface area contributed by atoms with Gasteiger partial charge in [0.1, 0.15) is 54.4 Å². The Balaban J connectivity index is 0.000000584. The van der Waals surface area contributed by atoms with E-state index in [1.165, 1.54) is 0 Å². The van der Waals surface area contributed by atoms with Gasteiger partial charge in [-0.3, -0.25) is 28.1 Å². The number of halogens is 4. The third kappa shape index (κ3) is 44.0. The van der Waals surface area contributed by atoms with Crippen LogP contribution in [-0.4, -0.2) is 195 Å². The minimum atomic E-state index is -3.63. The molecule has 0 spiro atoms. The highest BCUT2D eigenvalue weighted by Gasteiger charge is 2.35. The molecule has 3 saturated carbocycles. The van der Waals surface area contributed by atoms with Crippen molar-refractivity contribution >= 4 is 159 Å². The van der Waals surface area contributed by atoms with Gasteiger partial charge < -0.3 is 112 Å². The van der Waals surface area contributed by atoms with Gasteiger partial charge in [-0.2, -0.15) is 29.9 Å². The lowest BCUT2D eigenvalue weighted by Crippen LogP contribution is -2.36. The number of anilines is 6. The van der Waals surface area contributed by atoms with Crippen molar-refractivity contribution < 1.29 is 70.1 Å². The Labute approximate surface area is 768 Å². The fourth-order valence-corrected chi connectivity index (χ4v) is 15.3. The summed E-state index contributed by atoms with van der Waals surface area (Å²) in [4.78, 5) is 75.6. The zero-order valence-electron chi connectivity index (χ0n) is 75.0. The van der Waals surface area contributed by atoms with Crippen LogP contribution in [0.3, 0.4) is 0 Å². The predicted octanol–water partition coefficient (Wildman–Crippen LogP) is 12.2. The highest BCUT2D eigenvalue weighted by molar-refractivity contribution is 7.57. The van der Waals surface area contributed by atoms with Crippen molar-refractivity contribution in [2.75, 3.05) is 85.2 Å². The number of esters is 3. The molecule has 6 heterocycles. The quantitative estimate of drug-likeness (QED) is 0.00734. The number of rotatable bonds is 40. The number of fused-ring (bicyclic) bond motifs is 3. The number of hydrogen-bond acceptors (Lipinski definition) is 34. The number of imidazole rings is 3. The van der Waals surface area contributed by atoms with Crippen LogP contribution in [-0.2, 0) is 76.1 Å². The first-order valence-corrected chi connectivity index (χ1v) is 46.7. The molecule has 3 aromatic carbocycles. The number of nitrogens with zero attached hydrogens (tertiary/aromatic N) is 12. The third-order valence-corrected chi connectivity index (χ3v) is 21.1. The molecule has 3 aliphatic rings. The van der Waals surface area contributed by atoms with Crippen LogP contribution in [0.1, 0.15) is 149 Å². The Kier molecular flexibility index (Phi) is 52.4. The Hall–Kier alpha value is -8.63. The Bertz CT molecular complexity index is 4780. The fourth-order valence-electron chi connectivity index (χ4n) is 10.2. The molecule has 712 valence electrons. The molecule has 6 aromatic heterocycles. The molecule has 12 rings (SSSR count). The van der Waals surface area contributed by atoms with E-state index in [-0.39, 0.29) is 126 Å². The minimum Gasteiger partial charge on any atom is -0.465 e. The van der Waals surface area contributed by atoms with E-state index in [4.69, 9.17) is 82.1 Å². The first-order chi connectivity index (χ1) is 58.4. The van der Waals surface area contributed by atoms with Crippen LogP contribution in [0.4, 0.5) is 35.3 Å². The molecule has 47 heteroatoms. The van der Waals surface area contributed by atoms with E-state index in [0.29, 0.717) is 137 Å². The molecule has 9 aromatic rings. The van der Waals surface area contributed by atoms with Crippen LogP contribution < -0.4 is 84.9 Å². The molecule has 3 unspecified atom stereocenters. The summed E-state index contributed by atoms with van der Waals surface area (Å²) < 4.78 is 96.0. The van der Waals surface area contributed by atoms with E-state index in [9.17, 15) is 28.1 Å². The molecule has 0 bridgehead atoms. The molecule has 3 fully saturated rings. The summed E-state index contributed by atoms with van der Waals surface area (Å²) in [5.41, 5.74) is 41.8. The Morgan fingerprint density at radius 3 is 0.906 bits per heavy atom. The van der Waals surface area contributed by atoms with Crippen LogP contribution in [0.2, 0.25) is 0 Å². The van der Waals surface area contributed by atoms with Gasteiger partial charge in [-0.1, -0.05) is 117 Å². The summed E-state index contributed by atoms with van der Waals surface area (Å²) in [6.45, 7) is 29.6. The van der Waals surface area contributed by atoms with Crippen molar-refractivity contribution in [3.8, 4) is 17.2 Å². The predicted molar refractivity (Wildman–Crippen MR) is 509 cm³/mol. The molecule has 0 radical (unpaired) electrons. The van der Waals surface area contributed by atoms with Crippen LogP contribution in [0.25, 0.3) is 33.5 Å². The number of benzene rings is 3. The van der Waals surface area contributed by atoms with Crippen molar-refractivity contribution in [1.29, 1.82) is 0 Å². The maximum Gasteiger partial charge on any atom is 0.342 e. The monoisotopic (exact) mass is 1920 g/mol. The van der Waals surface area contributed by atoms with Gasteiger partial charge in [0.2, 0.25) is 17.8 Å². The zero-order valence-corrected chi connectivity index (χ0v) is 80.9. The summed E-state index contributed by atoms with van der Waals surface area (Å²) in [5.74, 6) is 1.94. The Morgan fingerprint density at radius 1 is 0.402 bits per heavy atom. The number of nitrogens with one attached hydrogen (secondary N) is 6. The van der Waals surface area contributed by atoms with Crippen LogP contribution in [0, 0.1) is 0 Å². The van der Waals surface area contributed by atoms with E-state index >= 15 is 0 Å². The second-order valence-corrected chi connectivity index (χ2v) is 36.8. The molecule has 127 heavy (non-hydrogen) atoms. The zero-order chi connectivity index (χ0) is 90.4. The van der Waals surface area contributed by atoms with Crippen molar-refractivity contribution in [3.63, 3.8) is 0 Å². The fraction of sp³-hybridized carbons (Fsp3) is 0.550. The van der Waals surface area contributed by atoms with Crippen LogP contribution >= 0.6 is 72.2 Å². The number of carbonyl (C=O) groups is 3. The largest absolute Gasteiger partial charge is 0.465 e. The van der Waals surface area contributed by atoms with E-state index < -0.39 is 58.6 Å². The van der Waals surface area contributed by atoms with Gasteiger partial charge in [0.25, 0.3) is 0 Å². The number of aromatic nitrogens is 12. The molecule has 0 amide bonds. The number of nitrogen functional groups attached to an aromatic ring is 3. The SMILES string of the molecule is CC(C)N.CC(C)N.CC(C)N.CC(C)N.CC(C)OC(=O)[C@H](C)NP(=O)(COCCn1cnc2c(NC3CC3)nc(N)nc21)Oc1ccccc1.CCCOC(=O)[C@H](C)NP(=O)(COCCn1cnc2c(NC3CC3)nc(N)nc21)Oc1ccccc1.CCOC(=O)[C@H](C)NP(=O)(COCCn1cnc2c(NC3CC3)nc(N)nc21)Oc1ccccc1.Cl.Cl.Cl.Cl. The summed E-state index contributed by atoms with van der Waals surface area (Å²) in [6, 6.07) is 26.1. The lowest BCUT2D eigenvalue weighted by atomic mass is 10.3. The summed E-state index contributed by atoms with van der Waals surface area (Å²) in [5, 5.41) is 18.3. The van der Waals surface area contributed by atoms with Gasteiger partial charge in [-0.15, -0.1) is 49.6 Å². The molecule has 6 atom stereocenters. The van der Waals surface area contributed by atoms with Gasteiger partial charge >= 0.3 is 40.5 Å². The van der Waals surface area contributed by atoms with Gasteiger partial charge in [0.05, 0.1) is 58.1 Å². The van der Waals surface area contributed by atoms with E-state index in [2.05, 4.69) is 76.1 Å². The number of hydrogen-bond donors (Lipinski definition) is 13. The highest BCUT2D eigenvalue weighted by Crippen LogP contribution is 2.46. The molecular formula is C80H134Cl4N25O15P3. The van der Waals surface area contributed by atoms with Gasteiger partial charge in [0, 0.05) is 37.8 Å². The van der Waals surface area contributed by atoms with E-state index in [1.807, 2.05) is 80.5 Å². The van der Waals surface area contributed by atoms with Crippen LogP contribution in [0.15, 0.2) is 110 Å². The third-order valence-electron chi connectivity index (χ3n) is 15.7. The van der Waals surface area contributed by atoms with E-state index in [0.717, 1.165) is 38.5 Å². The lowest BCUT2D eigenvalue weighted by Gasteiger charge is -2.24. The first kappa shape index (κ1) is 114. The smallest absolute Gasteiger partial charge is 0.342 e. The maximum atomic E-state index is 13.6. The second kappa shape index (κ2) is 58.1. The first-order valence-electron chi connectivity index (χ1n) is 41.3. The summed E-state index contributed by atoms with van der Waals surface area (Å²) in [7, 11) is -10.9. The molecular weight excluding hydrogens is 1790 g/mol. The average molecular weight is 1920 g/mol. The van der Waals surface area contributed by atoms with Crippen molar-refractivity contribution in [2.45, 2.75) is 235 Å². The van der Waals surface area contributed by atoms with Crippen molar-refractivity contribution in [3.05, 3.63) is 110 Å². The standard InChI is InChI=1S/2C23H32N7O5P.C22H30N7O5P.4C3H9N.4ClH/c1-15(2)34-22(31)16(3)29-36(32,35-18-7-5-4-6-8-18)14-33-12-11-30-13-25-19-20(26-17-9-10-17)27-23(24)28-21(19)30;1-3-12-34-22(31)16(2)29-36(32,35-18-7-5-4-6-8-18)15-33-13-11-30-14-25-19-20(26-17-9-10-17)27-23(24)28-21(19)30;1-3-33-21(30)15(2)28-35(31,34-17-7-5-4-6-8-17)14-32-12-11-29-13-24-18-19(25-16-9-10-16)26-22(23)27-20(18)29;4*1-3(2)4;;;;/h4-8,13,15-17H,9-12,14H2,1-3H3,(H,29,32)(H3,24,26,27,28);4-8,14,16-17H,3,9-13,15H2,1-2H3,(H,29,32)(H3,24,26,27,28);4-8,13,15-16H,3,9-12,14H2,1-2H3,(H,28,31)(H3,23,25,26,27);4*3H,4H2,1-2H3;4*1H/t2*16-,36?;15-,35?;;;;;;;;/m000......../s1. The highest BCUT2D eigenvalue weighted by atomic mass is 35.5. The van der Waals surface area contributed by atoms with Crippen molar-refractivity contribution in [2.24, 2.45) is 22.9 Å². The van der Waals surface area contributed by atoms with Gasteiger partial charge in [0.15, 0.2) is 50.9 Å². The number of carbonyl (C=O) groups excluding carboxylic acids is 3. The molecule has 40 nitrogen and oxygen atoms in total. The molecule has 0 aliphatic heterocycles. The Morgan fingerprint density at radius 2 is 0.661 bits per heavy atom.